The van der Waals surface area contributed by atoms with E-state index in [0.29, 0.717) is 5.82 Å². The molecular weight excluding hydrogens is 182 g/mol. The molecule has 0 amide bonds. The van der Waals surface area contributed by atoms with Crippen LogP contribution in [0.1, 0.15) is 31.5 Å². The van der Waals surface area contributed by atoms with Gasteiger partial charge in [0.25, 0.3) is 0 Å². The molecule has 0 aromatic carbocycles. The Labute approximate surface area is 82.6 Å². The monoisotopic (exact) mass is 197 g/mol. The van der Waals surface area contributed by atoms with E-state index in [1.807, 2.05) is 0 Å². The molecule has 0 aliphatic heterocycles. The van der Waals surface area contributed by atoms with Crippen molar-refractivity contribution in [2.24, 2.45) is 5.73 Å². The fourth-order valence-electron chi connectivity index (χ4n) is 2.13. The van der Waals surface area contributed by atoms with Gasteiger partial charge in [-0.25, -0.2) is 0 Å². The lowest BCUT2D eigenvalue weighted by molar-refractivity contribution is -0.000963. The maximum Gasteiger partial charge on any atom is 0.213 e. The molecule has 1 heterocycles. The molecule has 5 nitrogen and oxygen atoms in total. The van der Waals surface area contributed by atoms with Gasteiger partial charge in [-0.05, 0) is 12.8 Å². The van der Waals surface area contributed by atoms with E-state index in [0.717, 1.165) is 25.7 Å². The number of aromatic nitrogens is 2. The summed E-state index contributed by atoms with van der Waals surface area (Å²) in [6.07, 6.45) is 5.35. The fraction of sp³-hybridized carbons (Fsp3) is 0.778. The zero-order valence-corrected chi connectivity index (χ0v) is 8.27. The first-order valence-electron chi connectivity index (χ1n) is 4.86. The predicted octanol–water partition coefficient (Wildman–Crippen LogP) is 0.813. The Kier molecular flexibility index (Phi) is 2.52. The summed E-state index contributed by atoms with van der Waals surface area (Å²) >= 11 is 0. The van der Waals surface area contributed by atoms with Crippen LogP contribution in [0.15, 0.2) is 10.9 Å². The lowest BCUT2D eigenvalue weighted by Gasteiger charge is -2.37. The topological polar surface area (TPSA) is 74.2 Å². The van der Waals surface area contributed by atoms with Crippen molar-refractivity contribution in [3.63, 3.8) is 0 Å². The number of ether oxygens (including phenoxy) is 1. The maximum atomic E-state index is 6.27. The molecule has 2 unspecified atom stereocenters. The molecule has 0 bridgehead atoms. The van der Waals surface area contributed by atoms with Crippen molar-refractivity contribution >= 4 is 0 Å². The molecule has 0 saturated heterocycles. The molecule has 1 aliphatic rings. The van der Waals surface area contributed by atoms with E-state index in [4.69, 9.17) is 15.0 Å². The van der Waals surface area contributed by atoms with E-state index >= 15 is 0 Å². The Morgan fingerprint density at radius 2 is 2.50 bits per heavy atom. The molecule has 1 aliphatic carbocycles. The summed E-state index contributed by atoms with van der Waals surface area (Å²) in [6, 6.07) is 0. The minimum Gasteiger partial charge on any atom is -0.379 e. The van der Waals surface area contributed by atoms with Crippen molar-refractivity contribution in [2.45, 2.75) is 37.3 Å². The van der Waals surface area contributed by atoms with Crippen LogP contribution in [0.3, 0.4) is 0 Å². The number of rotatable bonds is 2. The minimum atomic E-state index is -0.569. The molecule has 1 aromatic heterocycles. The second-order valence-electron chi connectivity index (χ2n) is 3.77. The van der Waals surface area contributed by atoms with E-state index < -0.39 is 5.54 Å². The summed E-state index contributed by atoms with van der Waals surface area (Å²) in [5.74, 6) is 0.559. The quantitative estimate of drug-likeness (QED) is 0.759. The van der Waals surface area contributed by atoms with E-state index in [-0.39, 0.29) is 6.10 Å². The molecule has 0 spiro atoms. The largest absolute Gasteiger partial charge is 0.379 e. The molecule has 78 valence electrons. The molecule has 1 fully saturated rings. The zero-order chi connectivity index (χ0) is 10.0. The van der Waals surface area contributed by atoms with Crippen LogP contribution in [0.4, 0.5) is 0 Å². The van der Waals surface area contributed by atoms with E-state index in [2.05, 4.69) is 10.1 Å². The van der Waals surface area contributed by atoms with Gasteiger partial charge in [-0.3, -0.25) is 0 Å². The number of nitrogens with zero attached hydrogens (tertiary/aromatic N) is 2. The van der Waals surface area contributed by atoms with Gasteiger partial charge >= 0.3 is 0 Å². The molecular formula is C9H15N3O2. The normalized spacial score (nSPS) is 33.1. The highest BCUT2D eigenvalue weighted by Crippen LogP contribution is 2.34. The molecule has 2 N–H and O–H groups in total. The number of hydrogen-bond acceptors (Lipinski definition) is 5. The van der Waals surface area contributed by atoms with Gasteiger partial charge in [-0.1, -0.05) is 18.0 Å². The summed E-state index contributed by atoms with van der Waals surface area (Å²) < 4.78 is 10.1. The maximum absolute atomic E-state index is 6.27. The molecule has 1 saturated carbocycles. The van der Waals surface area contributed by atoms with Gasteiger partial charge in [-0.15, -0.1) is 0 Å². The summed E-state index contributed by atoms with van der Waals surface area (Å²) in [7, 11) is 1.68. The SMILES string of the molecule is COC1CCCCC1(N)c1ncon1. The highest BCUT2D eigenvalue weighted by Gasteiger charge is 2.42. The molecule has 0 radical (unpaired) electrons. The summed E-state index contributed by atoms with van der Waals surface area (Å²) in [5.41, 5.74) is 5.70. The Morgan fingerprint density at radius 3 is 3.14 bits per heavy atom. The smallest absolute Gasteiger partial charge is 0.213 e. The van der Waals surface area contributed by atoms with Crippen molar-refractivity contribution < 1.29 is 9.26 Å². The zero-order valence-electron chi connectivity index (χ0n) is 8.27. The first-order chi connectivity index (χ1) is 6.77. The van der Waals surface area contributed by atoms with Gasteiger partial charge in [0.2, 0.25) is 6.39 Å². The summed E-state index contributed by atoms with van der Waals surface area (Å²) in [6.45, 7) is 0. The fourth-order valence-corrected chi connectivity index (χ4v) is 2.13. The summed E-state index contributed by atoms with van der Waals surface area (Å²) in [5, 5.41) is 3.82. The molecule has 5 heteroatoms. The third-order valence-corrected chi connectivity index (χ3v) is 2.94. The van der Waals surface area contributed by atoms with Crippen LogP contribution < -0.4 is 5.73 Å². The number of hydrogen-bond donors (Lipinski definition) is 1. The van der Waals surface area contributed by atoms with Crippen LogP contribution in [0, 0.1) is 0 Å². The molecule has 2 atom stereocenters. The second-order valence-corrected chi connectivity index (χ2v) is 3.77. The first-order valence-corrected chi connectivity index (χ1v) is 4.86. The first kappa shape index (κ1) is 9.61. The van der Waals surface area contributed by atoms with Crippen LogP contribution in [0.2, 0.25) is 0 Å². The third kappa shape index (κ3) is 1.42. The van der Waals surface area contributed by atoms with Crippen molar-refractivity contribution in [3.05, 3.63) is 12.2 Å². The van der Waals surface area contributed by atoms with Gasteiger partial charge in [-0.2, -0.15) is 4.98 Å². The average molecular weight is 197 g/mol. The van der Waals surface area contributed by atoms with E-state index in [1.165, 1.54) is 6.39 Å². The van der Waals surface area contributed by atoms with Crippen LogP contribution in [0.5, 0.6) is 0 Å². The van der Waals surface area contributed by atoms with Gasteiger partial charge in [0.15, 0.2) is 5.82 Å². The van der Waals surface area contributed by atoms with Gasteiger partial charge in [0, 0.05) is 7.11 Å². The lowest BCUT2D eigenvalue weighted by Crippen LogP contribution is -2.51. The minimum absolute atomic E-state index is 0.00569. The van der Waals surface area contributed by atoms with Crippen LogP contribution in [0.25, 0.3) is 0 Å². The van der Waals surface area contributed by atoms with Crippen molar-refractivity contribution in [1.82, 2.24) is 10.1 Å². The number of methoxy groups -OCH3 is 1. The Bertz CT molecular complexity index is 288. The van der Waals surface area contributed by atoms with Crippen molar-refractivity contribution in [3.8, 4) is 0 Å². The highest BCUT2D eigenvalue weighted by atomic mass is 16.5. The molecule has 1 aromatic rings. The highest BCUT2D eigenvalue weighted by molar-refractivity contribution is 5.08. The van der Waals surface area contributed by atoms with E-state index in [9.17, 15) is 0 Å². The molecule has 14 heavy (non-hydrogen) atoms. The van der Waals surface area contributed by atoms with Crippen LogP contribution >= 0.6 is 0 Å². The Balaban J connectivity index is 2.27. The van der Waals surface area contributed by atoms with Crippen molar-refractivity contribution in [2.75, 3.05) is 7.11 Å². The Morgan fingerprint density at radius 1 is 1.64 bits per heavy atom. The predicted molar refractivity (Wildman–Crippen MR) is 49.4 cm³/mol. The standard InChI is InChI=1S/C9H15N3O2/c1-13-7-4-2-3-5-9(7,10)8-11-6-14-12-8/h6-7H,2-5,10H2,1H3. The van der Waals surface area contributed by atoms with Gasteiger partial charge in [0.1, 0.15) is 5.54 Å². The summed E-state index contributed by atoms with van der Waals surface area (Å²) in [4.78, 5) is 4.03. The average Bonchev–Trinajstić information content (AvgIpc) is 2.72. The molecule has 2 rings (SSSR count). The lowest BCUT2D eigenvalue weighted by atomic mass is 9.79. The third-order valence-electron chi connectivity index (χ3n) is 2.94. The van der Waals surface area contributed by atoms with E-state index in [1.54, 1.807) is 7.11 Å². The van der Waals surface area contributed by atoms with Crippen LogP contribution in [-0.2, 0) is 10.3 Å². The van der Waals surface area contributed by atoms with Crippen molar-refractivity contribution in [1.29, 1.82) is 0 Å². The Hall–Kier alpha value is -0.940. The van der Waals surface area contributed by atoms with Gasteiger partial charge in [0.05, 0.1) is 6.10 Å². The number of nitrogens with two attached hydrogens (primary N) is 1. The van der Waals surface area contributed by atoms with Gasteiger partial charge < -0.3 is 15.0 Å². The van der Waals surface area contributed by atoms with Crippen LogP contribution in [-0.4, -0.2) is 23.4 Å². The second kappa shape index (κ2) is 3.67.